The van der Waals surface area contributed by atoms with E-state index in [1.807, 2.05) is 6.92 Å². The van der Waals surface area contributed by atoms with E-state index in [1.54, 1.807) is 18.2 Å². The van der Waals surface area contributed by atoms with Crippen molar-refractivity contribution in [2.45, 2.75) is 6.92 Å². The highest BCUT2D eigenvalue weighted by atomic mass is 16.5. The van der Waals surface area contributed by atoms with Crippen LogP contribution in [-0.4, -0.2) is 25.7 Å². The van der Waals surface area contributed by atoms with Crippen LogP contribution in [-0.2, 0) is 4.74 Å². The van der Waals surface area contributed by atoms with E-state index in [1.165, 1.54) is 0 Å². The van der Waals surface area contributed by atoms with E-state index >= 15 is 0 Å². The number of anilines is 2. The second-order valence-electron chi connectivity index (χ2n) is 4.11. The van der Waals surface area contributed by atoms with Gasteiger partial charge in [0.2, 0.25) is 0 Å². The Bertz CT molecular complexity index is 444. The van der Waals surface area contributed by atoms with Gasteiger partial charge in [-0.2, -0.15) is 0 Å². The summed E-state index contributed by atoms with van der Waals surface area (Å²) in [7, 11) is 0. The molecule has 18 heavy (non-hydrogen) atoms. The molecule has 98 valence electrons. The zero-order chi connectivity index (χ0) is 13.5. The molecule has 0 aliphatic heterocycles. The molecule has 0 saturated heterocycles. The third kappa shape index (κ3) is 4.47. The zero-order valence-electron chi connectivity index (χ0n) is 10.5. The first-order valence-electron chi connectivity index (χ1n) is 5.66. The molecular weight excluding hydrogens is 230 g/mol. The average Bonchev–Trinajstić information content (AvgIpc) is 2.27. The van der Waals surface area contributed by atoms with Crippen molar-refractivity contribution in [3.63, 3.8) is 0 Å². The third-order valence-electron chi connectivity index (χ3n) is 2.22. The maximum atomic E-state index is 11.2. The van der Waals surface area contributed by atoms with E-state index in [0.29, 0.717) is 36.7 Å². The van der Waals surface area contributed by atoms with Crippen molar-refractivity contribution < 1.29 is 9.53 Å². The minimum atomic E-state index is -0.486. The lowest BCUT2D eigenvalue weighted by Gasteiger charge is -2.11. The smallest absolute Gasteiger partial charge is 0.250 e. The molecule has 0 bridgehead atoms. The van der Waals surface area contributed by atoms with Gasteiger partial charge in [-0.05, 0) is 25.1 Å². The Morgan fingerprint density at radius 2 is 2.22 bits per heavy atom. The van der Waals surface area contributed by atoms with E-state index in [4.69, 9.17) is 16.2 Å². The van der Waals surface area contributed by atoms with Gasteiger partial charge >= 0.3 is 0 Å². The number of primary amides is 1. The topological polar surface area (TPSA) is 90.4 Å². The highest BCUT2D eigenvalue weighted by molar-refractivity contribution is 5.99. The second kappa shape index (κ2) is 6.66. The predicted octanol–water partition coefficient (Wildman–Crippen LogP) is 1.37. The number of rotatable bonds is 7. The largest absolute Gasteiger partial charge is 0.399 e. The summed E-state index contributed by atoms with van der Waals surface area (Å²) in [6.07, 6.45) is 0. The number of carbonyl (C=O) groups is 1. The Labute approximate surface area is 107 Å². The standard InChI is InChI=1S/C13H19N3O2/c1-9(2)8-18-6-5-16-12-7-10(14)3-4-11(12)13(15)17/h3-4,7,16H,1,5-6,8,14H2,2H3,(H2,15,17). The van der Waals surface area contributed by atoms with Gasteiger partial charge < -0.3 is 21.5 Å². The van der Waals surface area contributed by atoms with Crippen LogP contribution in [0.15, 0.2) is 30.4 Å². The van der Waals surface area contributed by atoms with Crippen molar-refractivity contribution in [2.24, 2.45) is 5.73 Å². The Morgan fingerprint density at radius 3 is 2.83 bits per heavy atom. The van der Waals surface area contributed by atoms with Crippen molar-refractivity contribution in [2.75, 3.05) is 30.8 Å². The second-order valence-corrected chi connectivity index (χ2v) is 4.11. The predicted molar refractivity (Wildman–Crippen MR) is 73.5 cm³/mol. The van der Waals surface area contributed by atoms with Gasteiger partial charge in [-0.1, -0.05) is 12.2 Å². The molecule has 1 aromatic rings. The summed E-state index contributed by atoms with van der Waals surface area (Å²) in [5.74, 6) is -0.486. The van der Waals surface area contributed by atoms with Gasteiger partial charge in [0.05, 0.1) is 18.8 Å². The maximum absolute atomic E-state index is 11.2. The normalized spacial score (nSPS) is 10.1. The molecule has 0 radical (unpaired) electrons. The number of hydrogen-bond donors (Lipinski definition) is 3. The zero-order valence-corrected chi connectivity index (χ0v) is 10.5. The van der Waals surface area contributed by atoms with E-state index in [9.17, 15) is 4.79 Å². The highest BCUT2D eigenvalue weighted by Gasteiger charge is 2.07. The van der Waals surface area contributed by atoms with Crippen LogP contribution in [0.5, 0.6) is 0 Å². The number of nitrogens with two attached hydrogens (primary N) is 2. The van der Waals surface area contributed by atoms with Gasteiger partial charge in [0.25, 0.3) is 5.91 Å². The Morgan fingerprint density at radius 1 is 1.50 bits per heavy atom. The molecule has 0 aromatic heterocycles. The number of benzene rings is 1. The first-order valence-corrected chi connectivity index (χ1v) is 5.66. The summed E-state index contributed by atoms with van der Waals surface area (Å²) >= 11 is 0. The lowest BCUT2D eigenvalue weighted by molar-refractivity contribution is 0.100. The number of amides is 1. The van der Waals surface area contributed by atoms with E-state index in [0.717, 1.165) is 5.57 Å². The highest BCUT2D eigenvalue weighted by Crippen LogP contribution is 2.18. The number of ether oxygens (including phenoxy) is 1. The maximum Gasteiger partial charge on any atom is 0.250 e. The van der Waals surface area contributed by atoms with Crippen LogP contribution in [0.3, 0.4) is 0 Å². The van der Waals surface area contributed by atoms with Crippen molar-refractivity contribution in [3.8, 4) is 0 Å². The van der Waals surface area contributed by atoms with E-state index in [-0.39, 0.29) is 0 Å². The fourth-order valence-electron chi connectivity index (χ4n) is 1.43. The van der Waals surface area contributed by atoms with Crippen molar-refractivity contribution in [3.05, 3.63) is 35.9 Å². The van der Waals surface area contributed by atoms with Gasteiger partial charge in [-0.25, -0.2) is 0 Å². The molecule has 0 heterocycles. The molecule has 0 spiro atoms. The molecule has 0 aliphatic carbocycles. The first-order chi connectivity index (χ1) is 8.50. The number of nitrogens with one attached hydrogen (secondary N) is 1. The summed E-state index contributed by atoms with van der Waals surface area (Å²) in [4.78, 5) is 11.2. The summed E-state index contributed by atoms with van der Waals surface area (Å²) in [5, 5.41) is 3.07. The van der Waals surface area contributed by atoms with E-state index < -0.39 is 5.91 Å². The van der Waals surface area contributed by atoms with E-state index in [2.05, 4.69) is 11.9 Å². The number of nitrogen functional groups attached to an aromatic ring is 1. The molecule has 0 atom stereocenters. The molecule has 1 aromatic carbocycles. The van der Waals surface area contributed by atoms with Gasteiger partial charge in [0.1, 0.15) is 0 Å². The van der Waals surface area contributed by atoms with Gasteiger partial charge in [0, 0.05) is 17.9 Å². The van der Waals surface area contributed by atoms with Crippen molar-refractivity contribution >= 4 is 17.3 Å². The minimum absolute atomic E-state index is 0.420. The SMILES string of the molecule is C=C(C)COCCNc1cc(N)ccc1C(N)=O. The quantitative estimate of drug-likeness (QED) is 0.387. The molecule has 0 fully saturated rings. The van der Waals surface area contributed by atoms with Crippen LogP contribution >= 0.6 is 0 Å². The first kappa shape index (κ1) is 14.1. The van der Waals surface area contributed by atoms with Crippen molar-refractivity contribution in [1.82, 2.24) is 0 Å². The molecule has 0 unspecified atom stereocenters. The summed E-state index contributed by atoms with van der Waals surface area (Å²) < 4.78 is 5.34. The van der Waals surface area contributed by atoms with Crippen LogP contribution < -0.4 is 16.8 Å². The molecule has 5 nitrogen and oxygen atoms in total. The Hall–Kier alpha value is -2.01. The molecular formula is C13H19N3O2. The van der Waals surface area contributed by atoms with Crippen LogP contribution in [0.25, 0.3) is 0 Å². The number of carbonyl (C=O) groups excluding carboxylic acids is 1. The summed E-state index contributed by atoms with van der Waals surface area (Å²) in [5.41, 5.74) is 13.5. The van der Waals surface area contributed by atoms with Crippen LogP contribution in [0, 0.1) is 0 Å². The summed E-state index contributed by atoms with van der Waals surface area (Å²) in [6.45, 7) is 7.25. The lowest BCUT2D eigenvalue weighted by atomic mass is 10.1. The lowest BCUT2D eigenvalue weighted by Crippen LogP contribution is -2.17. The molecule has 0 saturated carbocycles. The van der Waals surface area contributed by atoms with Gasteiger partial charge in [-0.3, -0.25) is 4.79 Å². The molecule has 5 N–H and O–H groups in total. The molecule has 1 amide bonds. The monoisotopic (exact) mass is 249 g/mol. The molecule has 1 rings (SSSR count). The van der Waals surface area contributed by atoms with Crippen LogP contribution in [0.1, 0.15) is 17.3 Å². The third-order valence-corrected chi connectivity index (χ3v) is 2.22. The summed E-state index contributed by atoms with van der Waals surface area (Å²) in [6, 6.07) is 4.93. The van der Waals surface area contributed by atoms with Crippen molar-refractivity contribution in [1.29, 1.82) is 0 Å². The van der Waals surface area contributed by atoms with Gasteiger partial charge in [0.15, 0.2) is 0 Å². The fourth-order valence-corrected chi connectivity index (χ4v) is 1.43. The Balaban J connectivity index is 2.53. The average molecular weight is 249 g/mol. The minimum Gasteiger partial charge on any atom is -0.399 e. The molecule has 0 aliphatic rings. The number of hydrogen-bond acceptors (Lipinski definition) is 4. The van der Waals surface area contributed by atoms with Gasteiger partial charge in [-0.15, -0.1) is 0 Å². The Kier molecular flexibility index (Phi) is 5.20. The van der Waals surface area contributed by atoms with Crippen LogP contribution in [0.4, 0.5) is 11.4 Å². The van der Waals surface area contributed by atoms with Crippen LogP contribution in [0.2, 0.25) is 0 Å². The fraction of sp³-hybridized carbons (Fsp3) is 0.308. The molecule has 5 heteroatoms.